The molecule has 0 bridgehead atoms. The monoisotopic (exact) mass is 420 g/mol. The van der Waals surface area contributed by atoms with Crippen molar-refractivity contribution in [1.82, 2.24) is 0 Å². The average Bonchev–Trinajstić information content (AvgIpc) is 2.82. The summed E-state index contributed by atoms with van der Waals surface area (Å²) in [6, 6.07) is 10.4. The third-order valence-electron chi connectivity index (χ3n) is 4.32. The molecule has 0 saturated carbocycles. The summed E-state index contributed by atoms with van der Waals surface area (Å²) in [6.07, 6.45) is 0. The van der Waals surface area contributed by atoms with Crippen molar-refractivity contribution in [3.8, 4) is 0 Å². The fourth-order valence-corrected chi connectivity index (χ4v) is 4.99. The number of ketones is 1. The minimum absolute atomic E-state index is 0.000255. The van der Waals surface area contributed by atoms with Crippen LogP contribution in [0.5, 0.6) is 0 Å². The fourth-order valence-electron chi connectivity index (χ4n) is 2.92. The Morgan fingerprint density at radius 2 is 1.89 bits per heavy atom. The van der Waals surface area contributed by atoms with Gasteiger partial charge in [-0.2, -0.15) is 0 Å². The van der Waals surface area contributed by atoms with Gasteiger partial charge in [0.25, 0.3) is 5.91 Å². The predicted octanol–water partition coefficient (Wildman–Crippen LogP) is 3.11. The highest BCUT2D eigenvalue weighted by Crippen LogP contribution is 2.31. The lowest BCUT2D eigenvalue weighted by atomic mass is 10.1. The first-order valence-electron chi connectivity index (χ1n) is 8.39. The highest BCUT2D eigenvalue weighted by molar-refractivity contribution is 7.94. The molecule has 1 aliphatic heterocycles. The Kier molecular flexibility index (Phi) is 5.27. The molecular weight excluding hydrogens is 404 g/mol. The number of halogens is 1. The first-order chi connectivity index (χ1) is 13.1. The number of carbonyl (C=O) groups is 3. The van der Waals surface area contributed by atoms with E-state index in [1.807, 2.05) is 0 Å². The molecule has 146 valence electrons. The topological polar surface area (TPSA) is 101 Å². The van der Waals surface area contributed by atoms with E-state index in [1.54, 1.807) is 31.2 Å². The van der Waals surface area contributed by atoms with Gasteiger partial charge in [-0.15, -0.1) is 0 Å². The molecular formula is C19H17ClN2O5S. The molecule has 1 heterocycles. The van der Waals surface area contributed by atoms with Gasteiger partial charge in [0.2, 0.25) is 15.9 Å². The fraction of sp³-hybridized carbons (Fsp3) is 0.211. The molecule has 0 spiro atoms. The van der Waals surface area contributed by atoms with Crippen molar-refractivity contribution in [1.29, 1.82) is 0 Å². The van der Waals surface area contributed by atoms with E-state index >= 15 is 0 Å². The second kappa shape index (κ2) is 7.37. The van der Waals surface area contributed by atoms with E-state index < -0.39 is 27.8 Å². The quantitative estimate of drug-likeness (QED) is 0.766. The van der Waals surface area contributed by atoms with Crippen molar-refractivity contribution in [2.45, 2.75) is 13.8 Å². The second-order valence-electron chi connectivity index (χ2n) is 6.54. The normalized spacial score (nSPS) is 18.2. The largest absolute Gasteiger partial charge is 0.322 e. The number of anilines is 2. The minimum Gasteiger partial charge on any atom is -0.322 e. The van der Waals surface area contributed by atoms with E-state index in [9.17, 15) is 22.8 Å². The summed E-state index contributed by atoms with van der Waals surface area (Å²) in [6.45, 7) is 2.96. The third kappa shape index (κ3) is 3.79. The molecule has 1 aliphatic rings. The number of benzene rings is 2. The van der Waals surface area contributed by atoms with Gasteiger partial charge in [-0.25, -0.2) is 12.7 Å². The summed E-state index contributed by atoms with van der Waals surface area (Å²) in [5.74, 6) is -2.10. The molecule has 7 nitrogen and oxygen atoms in total. The van der Waals surface area contributed by atoms with Crippen LogP contribution in [0.4, 0.5) is 11.4 Å². The molecule has 1 atom stereocenters. The lowest BCUT2D eigenvalue weighted by molar-refractivity contribution is -0.119. The van der Waals surface area contributed by atoms with Crippen molar-refractivity contribution >= 4 is 50.6 Å². The molecule has 9 heteroatoms. The van der Waals surface area contributed by atoms with Gasteiger partial charge < -0.3 is 5.32 Å². The third-order valence-corrected chi connectivity index (χ3v) is 6.50. The Balaban J connectivity index is 1.87. The van der Waals surface area contributed by atoms with Crippen LogP contribution in [0.2, 0.25) is 5.02 Å². The van der Waals surface area contributed by atoms with E-state index in [1.165, 1.54) is 25.1 Å². The van der Waals surface area contributed by atoms with Crippen LogP contribution in [0.3, 0.4) is 0 Å². The smallest absolute Gasteiger partial charge is 0.257 e. The number of Topliss-reactive ketones (excluding diaryl/α,β-unsaturated/α-hetero) is 1. The van der Waals surface area contributed by atoms with Crippen molar-refractivity contribution in [2.24, 2.45) is 5.92 Å². The number of hydrogen-bond acceptors (Lipinski definition) is 5. The molecule has 2 aromatic carbocycles. The molecule has 2 amide bonds. The van der Waals surface area contributed by atoms with Crippen molar-refractivity contribution < 1.29 is 22.8 Å². The standard InChI is InChI=1S/C19H17ClN2O5S/c1-11-10-28(26,27)22(19(11)25)15-6-7-16(17(20)9-15)18(24)21-14-5-3-4-13(8-14)12(2)23/h3-9,11H,10H2,1-2H3,(H,21,24). The molecule has 2 aromatic rings. The van der Waals surface area contributed by atoms with Gasteiger partial charge in [0, 0.05) is 11.3 Å². The SMILES string of the molecule is CC(=O)c1cccc(NC(=O)c2ccc(N3C(=O)C(C)CS3(=O)=O)cc2Cl)c1. The molecule has 0 radical (unpaired) electrons. The molecule has 1 unspecified atom stereocenters. The Bertz CT molecular complexity index is 1100. The molecule has 1 saturated heterocycles. The van der Waals surface area contributed by atoms with Gasteiger partial charge in [-0.1, -0.05) is 30.7 Å². The lowest BCUT2D eigenvalue weighted by Gasteiger charge is -2.16. The second-order valence-corrected chi connectivity index (χ2v) is 8.81. The van der Waals surface area contributed by atoms with Gasteiger partial charge >= 0.3 is 0 Å². The zero-order valence-corrected chi connectivity index (χ0v) is 16.7. The molecule has 1 N–H and O–H groups in total. The molecule has 28 heavy (non-hydrogen) atoms. The van der Waals surface area contributed by atoms with Crippen LogP contribution < -0.4 is 9.62 Å². The molecule has 0 aliphatic carbocycles. The highest BCUT2D eigenvalue weighted by atomic mass is 35.5. The zero-order valence-electron chi connectivity index (χ0n) is 15.1. The first kappa shape index (κ1) is 20.0. The van der Waals surface area contributed by atoms with E-state index in [4.69, 9.17) is 11.6 Å². The minimum atomic E-state index is -3.76. The maximum atomic E-state index is 12.5. The number of nitrogens with zero attached hydrogens (tertiary/aromatic N) is 1. The summed E-state index contributed by atoms with van der Waals surface area (Å²) in [5, 5.41) is 2.64. The van der Waals surface area contributed by atoms with Gasteiger partial charge in [0.15, 0.2) is 5.78 Å². The van der Waals surface area contributed by atoms with E-state index in [0.717, 1.165) is 4.31 Å². The Morgan fingerprint density at radius 3 is 2.46 bits per heavy atom. The number of amides is 2. The van der Waals surface area contributed by atoms with Crippen LogP contribution in [-0.2, 0) is 14.8 Å². The van der Waals surface area contributed by atoms with Gasteiger partial charge in [0.05, 0.1) is 27.9 Å². The number of sulfonamides is 1. The Morgan fingerprint density at radius 1 is 1.18 bits per heavy atom. The van der Waals surface area contributed by atoms with Crippen LogP contribution in [0.1, 0.15) is 34.6 Å². The molecule has 0 aromatic heterocycles. The van der Waals surface area contributed by atoms with Crippen LogP contribution in [-0.4, -0.2) is 31.8 Å². The summed E-state index contributed by atoms with van der Waals surface area (Å²) < 4.78 is 25.1. The highest BCUT2D eigenvalue weighted by Gasteiger charge is 2.42. The van der Waals surface area contributed by atoms with Gasteiger partial charge in [0.1, 0.15) is 0 Å². The van der Waals surface area contributed by atoms with Crippen LogP contribution in [0.25, 0.3) is 0 Å². The van der Waals surface area contributed by atoms with E-state index in [2.05, 4.69) is 5.32 Å². The summed E-state index contributed by atoms with van der Waals surface area (Å²) in [4.78, 5) is 36.1. The average molecular weight is 421 g/mol. The number of carbonyl (C=O) groups excluding carboxylic acids is 3. The first-order valence-corrected chi connectivity index (χ1v) is 10.4. The molecule has 3 rings (SSSR count). The summed E-state index contributed by atoms with van der Waals surface area (Å²) in [5.41, 5.74) is 1.07. The Labute approximate surface area is 167 Å². The lowest BCUT2D eigenvalue weighted by Crippen LogP contribution is -2.30. The zero-order chi connectivity index (χ0) is 20.6. The maximum absolute atomic E-state index is 12.5. The maximum Gasteiger partial charge on any atom is 0.257 e. The number of hydrogen-bond donors (Lipinski definition) is 1. The van der Waals surface area contributed by atoms with Gasteiger partial charge in [-0.3, -0.25) is 14.4 Å². The Hall–Kier alpha value is -2.71. The summed E-state index contributed by atoms with van der Waals surface area (Å²) >= 11 is 6.18. The van der Waals surface area contributed by atoms with Crippen molar-refractivity contribution in [3.05, 3.63) is 58.6 Å². The van der Waals surface area contributed by atoms with Crippen molar-refractivity contribution in [2.75, 3.05) is 15.4 Å². The van der Waals surface area contributed by atoms with Crippen molar-refractivity contribution in [3.63, 3.8) is 0 Å². The van der Waals surface area contributed by atoms with Crippen LogP contribution >= 0.6 is 11.6 Å². The predicted molar refractivity (Wildman–Crippen MR) is 106 cm³/mol. The van der Waals surface area contributed by atoms with Gasteiger partial charge in [-0.05, 0) is 37.3 Å². The van der Waals surface area contributed by atoms with Crippen LogP contribution in [0.15, 0.2) is 42.5 Å². The number of nitrogens with one attached hydrogen (secondary N) is 1. The van der Waals surface area contributed by atoms with E-state index in [0.29, 0.717) is 11.3 Å². The summed E-state index contributed by atoms with van der Waals surface area (Å²) in [7, 11) is -3.76. The molecule has 1 fully saturated rings. The van der Waals surface area contributed by atoms with Crippen LogP contribution in [0, 0.1) is 5.92 Å². The van der Waals surface area contributed by atoms with E-state index in [-0.39, 0.29) is 27.8 Å². The number of rotatable bonds is 4.